The molecule has 0 spiro atoms. The number of benzene rings is 1. The van der Waals surface area contributed by atoms with Gasteiger partial charge in [-0.1, -0.05) is 13.8 Å². The summed E-state index contributed by atoms with van der Waals surface area (Å²) >= 11 is 0. The summed E-state index contributed by atoms with van der Waals surface area (Å²) in [5, 5.41) is 4.62. The fourth-order valence-corrected chi connectivity index (χ4v) is 2.18. The van der Waals surface area contributed by atoms with Gasteiger partial charge < -0.3 is 5.73 Å². The summed E-state index contributed by atoms with van der Waals surface area (Å²) in [6.07, 6.45) is 1.78. The molecule has 0 amide bonds. The van der Waals surface area contributed by atoms with Gasteiger partial charge in [0.1, 0.15) is 11.6 Å². The van der Waals surface area contributed by atoms with Crippen molar-refractivity contribution in [2.24, 2.45) is 0 Å². The van der Waals surface area contributed by atoms with Gasteiger partial charge in [-0.2, -0.15) is 5.10 Å². The van der Waals surface area contributed by atoms with Crippen LogP contribution < -0.4 is 5.73 Å². The Labute approximate surface area is 113 Å². The van der Waals surface area contributed by atoms with Crippen LogP contribution in [0.3, 0.4) is 0 Å². The van der Waals surface area contributed by atoms with E-state index in [1.807, 2.05) is 4.68 Å². The lowest BCUT2D eigenvalue weighted by molar-refractivity contribution is 0.486. The average molecular weight is 261 g/mol. The van der Waals surface area contributed by atoms with Gasteiger partial charge in [0.05, 0.1) is 11.7 Å². The van der Waals surface area contributed by atoms with Crippen molar-refractivity contribution in [3.8, 4) is 11.3 Å². The van der Waals surface area contributed by atoms with Crippen molar-refractivity contribution in [2.75, 3.05) is 5.73 Å². The van der Waals surface area contributed by atoms with Crippen LogP contribution in [0.2, 0.25) is 0 Å². The van der Waals surface area contributed by atoms with E-state index in [4.69, 9.17) is 5.73 Å². The summed E-state index contributed by atoms with van der Waals surface area (Å²) < 4.78 is 14.9. The lowest BCUT2D eigenvalue weighted by Gasteiger charge is -2.11. The fraction of sp³-hybridized carbons (Fsp3) is 0.400. The smallest absolute Gasteiger partial charge is 0.125 e. The van der Waals surface area contributed by atoms with Crippen molar-refractivity contribution >= 4 is 5.82 Å². The SMILES string of the molecule is CCc1c(-c2ccc(F)cc2)nn(C(C)CC)c1N. The van der Waals surface area contributed by atoms with E-state index in [1.165, 1.54) is 12.1 Å². The molecule has 0 radical (unpaired) electrons. The summed E-state index contributed by atoms with van der Waals surface area (Å²) in [6.45, 7) is 6.26. The normalized spacial score (nSPS) is 12.6. The Kier molecular flexibility index (Phi) is 3.88. The van der Waals surface area contributed by atoms with Gasteiger partial charge in [0.2, 0.25) is 0 Å². The third-order valence-corrected chi connectivity index (χ3v) is 3.53. The average Bonchev–Trinajstić information content (AvgIpc) is 2.75. The van der Waals surface area contributed by atoms with Crippen molar-refractivity contribution in [3.63, 3.8) is 0 Å². The molecular weight excluding hydrogens is 241 g/mol. The van der Waals surface area contributed by atoms with Crippen LogP contribution >= 0.6 is 0 Å². The largest absolute Gasteiger partial charge is 0.384 e. The molecular formula is C15H20FN3. The molecule has 0 aliphatic heterocycles. The first-order chi connectivity index (χ1) is 9.08. The first-order valence-electron chi connectivity index (χ1n) is 6.71. The molecule has 1 heterocycles. The maximum absolute atomic E-state index is 13.0. The second-order valence-corrected chi connectivity index (χ2v) is 4.77. The highest BCUT2D eigenvalue weighted by Crippen LogP contribution is 2.30. The van der Waals surface area contributed by atoms with E-state index in [1.54, 1.807) is 12.1 Å². The van der Waals surface area contributed by atoms with E-state index in [2.05, 4.69) is 25.9 Å². The number of nitrogens with two attached hydrogens (primary N) is 1. The van der Waals surface area contributed by atoms with Crippen LogP contribution in [0.5, 0.6) is 0 Å². The van der Waals surface area contributed by atoms with Crippen LogP contribution in [-0.2, 0) is 6.42 Å². The lowest BCUT2D eigenvalue weighted by Crippen LogP contribution is -2.09. The summed E-state index contributed by atoms with van der Waals surface area (Å²) in [6, 6.07) is 6.66. The minimum atomic E-state index is -0.240. The van der Waals surface area contributed by atoms with Crippen molar-refractivity contribution in [2.45, 2.75) is 39.7 Å². The molecule has 2 N–H and O–H groups in total. The monoisotopic (exact) mass is 261 g/mol. The Morgan fingerprint density at radius 1 is 1.26 bits per heavy atom. The van der Waals surface area contributed by atoms with Gasteiger partial charge in [0.15, 0.2) is 0 Å². The van der Waals surface area contributed by atoms with Crippen molar-refractivity contribution in [1.29, 1.82) is 0 Å². The van der Waals surface area contributed by atoms with Gasteiger partial charge in [0.25, 0.3) is 0 Å². The molecule has 0 aliphatic rings. The summed E-state index contributed by atoms with van der Waals surface area (Å²) in [5.41, 5.74) is 8.99. The van der Waals surface area contributed by atoms with Gasteiger partial charge in [0, 0.05) is 11.1 Å². The third-order valence-electron chi connectivity index (χ3n) is 3.53. The second kappa shape index (κ2) is 5.43. The minimum Gasteiger partial charge on any atom is -0.384 e. The molecule has 0 saturated carbocycles. The zero-order valence-electron chi connectivity index (χ0n) is 11.7. The van der Waals surface area contributed by atoms with E-state index >= 15 is 0 Å². The van der Waals surface area contributed by atoms with Crippen molar-refractivity contribution < 1.29 is 4.39 Å². The standard InChI is InChI=1S/C15H20FN3/c1-4-10(3)19-15(17)13(5-2)14(18-19)11-6-8-12(16)9-7-11/h6-10H,4-5,17H2,1-3H3. The highest BCUT2D eigenvalue weighted by Gasteiger charge is 2.18. The highest BCUT2D eigenvalue weighted by atomic mass is 19.1. The predicted octanol–water partition coefficient (Wildman–Crippen LogP) is 3.80. The van der Waals surface area contributed by atoms with Gasteiger partial charge in [-0.05, 0) is 44.0 Å². The first-order valence-corrected chi connectivity index (χ1v) is 6.71. The zero-order chi connectivity index (χ0) is 14.0. The van der Waals surface area contributed by atoms with Crippen molar-refractivity contribution in [3.05, 3.63) is 35.6 Å². The Morgan fingerprint density at radius 3 is 2.42 bits per heavy atom. The maximum atomic E-state index is 13.0. The quantitative estimate of drug-likeness (QED) is 0.909. The molecule has 0 bridgehead atoms. The number of hydrogen-bond donors (Lipinski definition) is 1. The molecule has 3 nitrogen and oxygen atoms in total. The number of nitrogen functional groups attached to an aromatic ring is 1. The van der Waals surface area contributed by atoms with Gasteiger partial charge >= 0.3 is 0 Å². The second-order valence-electron chi connectivity index (χ2n) is 4.77. The van der Waals surface area contributed by atoms with Gasteiger partial charge in [-0.15, -0.1) is 0 Å². The van der Waals surface area contributed by atoms with Crippen LogP contribution in [0.4, 0.5) is 10.2 Å². The number of aromatic nitrogens is 2. The number of anilines is 1. The summed E-state index contributed by atoms with van der Waals surface area (Å²) in [7, 11) is 0. The summed E-state index contributed by atoms with van der Waals surface area (Å²) in [5.74, 6) is 0.479. The highest BCUT2D eigenvalue weighted by molar-refractivity contribution is 5.68. The zero-order valence-corrected chi connectivity index (χ0v) is 11.7. The lowest BCUT2D eigenvalue weighted by atomic mass is 10.1. The number of nitrogens with zero attached hydrogens (tertiary/aromatic N) is 2. The van der Waals surface area contributed by atoms with Crippen LogP contribution in [-0.4, -0.2) is 9.78 Å². The minimum absolute atomic E-state index is 0.240. The number of halogens is 1. The van der Waals surface area contributed by atoms with E-state index in [0.717, 1.165) is 35.5 Å². The molecule has 0 aliphatic carbocycles. The fourth-order valence-electron chi connectivity index (χ4n) is 2.18. The van der Waals surface area contributed by atoms with E-state index in [0.29, 0.717) is 0 Å². The molecule has 1 atom stereocenters. The topological polar surface area (TPSA) is 43.8 Å². The molecule has 1 unspecified atom stereocenters. The molecule has 2 rings (SSSR count). The molecule has 102 valence electrons. The first kappa shape index (κ1) is 13.6. The van der Waals surface area contributed by atoms with E-state index < -0.39 is 0 Å². The number of hydrogen-bond acceptors (Lipinski definition) is 2. The molecule has 4 heteroatoms. The molecule has 0 saturated heterocycles. The molecule has 2 aromatic rings. The Hall–Kier alpha value is -1.84. The maximum Gasteiger partial charge on any atom is 0.125 e. The van der Waals surface area contributed by atoms with E-state index in [-0.39, 0.29) is 11.9 Å². The predicted molar refractivity (Wildman–Crippen MR) is 76.4 cm³/mol. The Balaban J connectivity index is 2.53. The molecule has 0 fully saturated rings. The molecule has 1 aromatic heterocycles. The van der Waals surface area contributed by atoms with Gasteiger partial charge in [-0.3, -0.25) is 0 Å². The van der Waals surface area contributed by atoms with Crippen molar-refractivity contribution in [1.82, 2.24) is 9.78 Å². The summed E-state index contributed by atoms with van der Waals surface area (Å²) in [4.78, 5) is 0. The third kappa shape index (κ3) is 2.48. The Bertz CT molecular complexity index is 558. The van der Waals surface area contributed by atoms with Crippen LogP contribution in [0.1, 0.15) is 38.8 Å². The Morgan fingerprint density at radius 2 is 1.89 bits per heavy atom. The van der Waals surface area contributed by atoms with Crippen LogP contribution in [0.25, 0.3) is 11.3 Å². The molecule has 19 heavy (non-hydrogen) atoms. The van der Waals surface area contributed by atoms with Crippen LogP contribution in [0.15, 0.2) is 24.3 Å². The van der Waals surface area contributed by atoms with Crippen LogP contribution in [0, 0.1) is 5.82 Å². The van der Waals surface area contributed by atoms with E-state index in [9.17, 15) is 4.39 Å². The number of rotatable bonds is 4. The molecule has 1 aromatic carbocycles. The van der Waals surface area contributed by atoms with Gasteiger partial charge in [-0.25, -0.2) is 9.07 Å².